The lowest BCUT2D eigenvalue weighted by molar-refractivity contribution is -0.261. The van der Waals surface area contributed by atoms with Crippen molar-refractivity contribution in [3.63, 3.8) is 0 Å². The molecule has 0 unspecified atom stereocenters. The maximum atomic E-state index is 12.9. The summed E-state index contributed by atoms with van der Waals surface area (Å²) in [5.41, 5.74) is 0.455. The van der Waals surface area contributed by atoms with Crippen LogP contribution in [0.3, 0.4) is 0 Å². The van der Waals surface area contributed by atoms with Gasteiger partial charge in [-0.05, 0) is 30.7 Å². The first kappa shape index (κ1) is 23.9. The first-order chi connectivity index (χ1) is 15.1. The molecule has 1 aliphatic rings. The average molecular weight is 464 g/mol. The van der Waals surface area contributed by atoms with Crippen LogP contribution in [0.5, 0.6) is 0 Å². The summed E-state index contributed by atoms with van der Waals surface area (Å²) in [5.74, 6) is -0.530. The maximum Gasteiger partial charge on any atom is 0.268 e. The molecule has 10 heteroatoms. The van der Waals surface area contributed by atoms with Gasteiger partial charge in [0.25, 0.3) is 5.91 Å². The van der Waals surface area contributed by atoms with Gasteiger partial charge in [0.05, 0.1) is 12.1 Å². The van der Waals surface area contributed by atoms with E-state index in [1.54, 1.807) is 49.9 Å². The number of nitrogens with one attached hydrogen (secondary N) is 2. The first-order valence-electron chi connectivity index (χ1n) is 10.4. The molecular formula is C22H28ClN4O5-. The standard InChI is InChI=1S/C22H29ClN4O5/c1-22(2,3)32-21(30)26-18-11-27(19(28)12-31-4)8-7-16(18)25-20(29)17-10-13-9-14(23)5-6-15(13)24-17/h5-6,9-10,16,18,24H,7-8,11-12H2,1-4H3,(H,25,29)(H,26,30)/p-1/t16-,18+/m0/s1. The highest BCUT2D eigenvalue weighted by molar-refractivity contribution is 6.31. The lowest BCUT2D eigenvalue weighted by Gasteiger charge is -2.38. The van der Waals surface area contributed by atoms with Crippen molar-refractivity contribution in [1.82, 2.24) is 15.2 Å². The van der Waals surface area contributed by atoms with Crippen molar-refractivity contribution in [1.29, 1.82) is 0 Å². The number of ether oxygens (including phenoxy) is 2. The van der Waals surface area contributed by atoms with Crippen molar-refractivity contribution < 1.29 is 24.2 Å². The number of aromatic amines is 1. The number of benzene rings is 1. The van der Waals surface area contributed by atoms with Crippen LogP contribution >= 0.6 is 11.6 Å². The zero-order valence-corrected chi connectivity index (χ0v) is 19.4. The fourth-order valence-electron chi connectivity index (χ4n) is 3.57. The lowest BCUT2D eigenvalue weighted by Crippen LogP contribution is -2.56. The molecule has 0 radical (unpaired) electrons. The number of hydrogen-bond acceptors (Lipinski definition) is 6. The highest BCUT2D eigenvalue weighted by Gasteiger charge is 2.33. The number of carbonyl (C=O) groups is 2. The summed E-state index contributed by atoms with van der Waals surface area (Å²) < 4.78 is 10.2. The summed E-state index contributed by atoms with van der Waals surface area (Å²) in [6.45, 7) is 5.77. The van der Waals surface area contributed by atoms with Gasteiger partial charge in [0, 0.05) is 41.7 Å². The minimum Gasteiger partial charge on any atom is -0.595 e. The molecule has 1 fully saturated rings. The number of carbonyl (C=O) groups excluding carboxylic acids is 2. The van der Waals surface area contributed by atoms with Gasteiger partial charge in [-0.25, -0.2) is 0 Å². The van der Waals surface area contributed by atoms with E-state index < -0.39 is 23.8 Å². The molecule has 2 atom stereocenters. The normalized spacial score (nSPS) is 19.8. The van der Waals surface area contributed by atoms with Crippen LogP contribution in [0.25, 0.3) is 10.9 Å². The fourth-order valence-corrected chi connectivity index (χ4v) is 3.75. The molecule has 174 valence electrons. The predicted molar refractivity (Wildman–Crippen MR) is 120 cm³/mol. The van der Waals surface area contributed by atoms with E-state index in [1.165, 1.54) is 7.11 Å². The average Bonchev–Trinajstić information content (AvgIpc) is 3.11. The Labute approximate surface area is 191 Å². The number of amides is 2. The number of aliphatic imine (C=N–C) groups is 1. The highest BCUT2D eigenvalue weighted by atomic mass is 35.5. The van der Waals surface area contributed by atoms with Crippen molar-refractivity contribution in [2.45, 2.75) is 44.9 Å². The molecular weight excluding hydrogens is 436 g/mol. The molecule has 1 saturated heterocycles. The second-order valence-electron chi connectivity index (χ2n) is 8.73. The molecule has 0 bridgehead atoms. The van der Waals surface area contributed by atoms with E-state index >= 15 is 0 Å². The number of rotatable bonds is 5. The number of hydrogen-bond donors (Lipinski definition) is 2. The zero-order chi connectivity index (χ0) is 23.5. The largest absolute Gasteiger partial charge is 0.595 e. The molecule has 1 aromatic carbocycles. The number of H-pyrrole nitrogens is 1. The number of nitrogens with zero attached hydrogens (tertiary/aromatic N) is 2. The Hall–Kier alpha value is -2.78. The van der Waals surface area contributed by atoms with Crippen molar-refractivity contribution in [3.05, 3.63) is 35.0 Å². The molecule has 9 nitrogen and oxygen atoms in total. The quantitative estimate of drug-likeness (QED) is 0.516. The number of likely N-dealkylation sites (tertiary alicyclic amines) is 1. The fraction of sp³-hybridized carbons (Fsp3) is 0.500. The molecule has 32 heavy (non-hydrogen) atoms. The van der Waals surface area contributed by atoms with Gasteiger partial charge in [-0.1, -0.05) is 32.4 Å². The van der Waals surface area contributed by atoms with Crippen molar-refractivity contribution in [2.75, 3.05) is 26.8 Å². The minimum absolute atomic E-state index is 0.0617. The summed E-state index contributed by atoms with van der Waals surface area (Å²) in [7, 11) is 1.45. The third-order valence-corrected chi connectivity index (χ3v) is 5.25. The van der Waals surface area contributed by atoms with Crippen LogP contribution in [0.15, 0.2) is 29.3 Å². The Bertz CT molecular complexity index is 1010. The lowest BCUT2D eigenvalue weighted by atomic mass is 9.99. The molecule has 2 aromatic rings. The smallest absolute Gasteiger partial charge is 0.268 e. The Balaban J connectivity index is 1.78. The first-order valence-corrected chi connectivity index (χ1v) is 10.7. The van der Waals surface area contributed by atoms with Gasteiger partial charge in [-0.2, -0.15) is 0 Å². The number of halogens is 1. The van der Waals surface area contributed by atoms with E-state index in [-0.39, 0.29) is 25.0 Å². The Morgan fingerprint density at radius 1 is 1.34 bits per heavy atom. The Morgan fingerprint density at radius 3 is 2.78 bits per heavy atom. The van der Waals surface area contributed by atoms with Crippen molar-refractivity contribution >= 4 is 40.4 Å². The molecule has 2 amide bonds. The third-order valence-electron chi connectivity index (χ3n) is 5.01. The highest BCUT2D eigenvalue weighted by Crippen LogP contribution is 2.21. The van der Waals surface area contributed by atoms with Gasteiger partial charge in [-0.15, -0.1) is 0 Å². The van der Waals surface area contributed by atoms with Crippen LogP contribution in [0.4, 0.5) is 0 Å². The molecule has 0 spiro atoms. The van der Waals surface area contributed by atoms with E-state index in [2.05, 4.69) is 15.3 Å². The molecule has 1 aliphatic heterocycles. The van der Waals surface area contributed by atoms with E-state index in [4.69, 9.17) is 21.1 Å². The molecule has 1 aromatic heterocycles. The van der Waals surface area contributed by atoms with Crippen LogP contribution in [0.1, 0.15) is 37.7 Å². The monoisotopic (exact) mass is 463 g/mol. The summed E-state index contributed by atoms with van der Waals surface area (Å²) in [5, 5.41) is 16.7. The van der Waals surface area contributed by atoms with E-state index in [0.717, 1.165) is 10.9 Å². The molecule has 3 rings (SSSR count). The molecule has 2 heterocycles. The zero-order valence-electron chi connectivity index (χ0n) is 18.6. The van der Waals surface area contributed by atoms with Gasteiger partial charge in [0.1, 0.15) is 18.4 Å². The number of aromatic nitrogens is 1. The van der Waals surface area contributed by atoms with E-state index in [1.807, 2.05) is 0 Å². The second-order valence-corrected chi connectivity index (χ2v) is 9.17. The van der Waals surface area contributed by atoms with Gasteiger partial charge in [0.2, 0.25) is 5.91 Å². The van der Waals surface area contributed by atoms with Crippen LogP contribution in [0.2, 0.25) is 5.02 Å². The van der Waals surface area contributed by atoms with Crippen LogP contribution < -0.4 is 10.4 Å². The molecule has 2 N–H and O–H groups in total. The van der Waals surface area contributed by atoms with Gasteiger partial charge >= 0.3 is 0 Å². The summed E-state index contributed by atoms with van der Waals surface area (Å²) in [6, 6.07) is 5.93. The Morgan fingerprint density at radius 2 is 2.09 bits per heavy atom. The molecule has 0 saturated carbocycles. The second kappa shape index (κ2) is 9.79. The SMILES string of the molecule is COCC(=O)N1CC[C@H](NC(=O)c2cc3cc(Cl)ccc3[nH]2)[C@H](N=C([O-])OC(C)(C)C)C1. The van der Waals surface area contributed by atoms with Crippen LogP contribution in [-0.2, 0) is 14.3 Å². The van der Waals surface area contributed by atoms with Crippen molar-refractivity contribution in [2.24, 2.45) is 4.99 Å². The topological polar surface area (TPSA) is 119 Å². The predicted octanol–water partition coefficient (Wildman–Crippen LogP) is 1.70. The van der Waals surface area contributed by atoms with Gasteiger partial charge in [0.15, 0.2) is 0 Å². The summed E-state index contributed by atoms with van der Waals surface area (Å²) >= 11 is 6.03. The van der Waals surface area contributed by atoms with Gasteiger partial charge < -0.3 is 29.8 Å². The third kappa shape index (κ3) is 6.14. The number of piperidine rings is 1. The Kier molecular flexibility index (Phi) is 7.30. The molecule has 0 aliphatic carbocycles. The van der Waals surface area contributed by atoms with E-state index in [9.17, 15) is 14.7 Å². The van der Waals surface area contributed by atoms with E-state index in [0.29, 0.717) is 23.7 Å². The number of fused-ring (bicyclic) bond motifs is 1. The van der Waals surface area contributed by atoms with Crippen LogP contribution in [0, 0.1) is 0 Å². The van der Waals surface area contributed by atoms with Crippen LogP contribution in [-0.4, -0.2) is 72.3 Å². The maximum absolute atomic E-state index is 12.9. The number of methoxy groups -OCH3 is 1. The summed E-state index contributed by atoms with van der Waals surface area (Å²) in [4.78, 5) is 34.0. The minimum atomic E-state index is -0.733. The van der Waals surface area contributed by atoms with Gasteiger partial charge in [-0.3, -0.25) is 14.6 Å². The van der Waals surface area contributed by atoms with Crippen molar-refractivity contribution in [3.8, 4) is 0 Å². The summed E-state index contributed by atoms with van der Waals surface area (Å²) in [6.07, 6.45) is -0.299.